The van der Waals surface area contributed by atoms with Crippen LogP contribution in [0, 0.1) is 6.92 Å². The van der Waals surface area contributed by atoms with Gasteiger partial charge in [0.25, 0.3) is 0 Å². The molecule has 0 saturated carbocycles. The summed E-state index contributed by atoms with van der Waals surface area (Å²) in [5.74, 6) is 0.714. The summed E-state index contributed by atoms with van der Waals surface area (Å²) in [7, 11) is 0. The molecule has 1 aromatic rings. The van der Waals surface area contributed by atoms with Crippen molar-refractivity contribution in [1.82, 2.24) is 15.6 Å². The molecule has 15 heavy (non-hydrogen) atoms. The number of nitrogens with zero attached hydrogens (tertiary/aromatic N) is 1. The van der Waals surface area contributed by atoms with Gasteiger partial charge in [-0.3, -0.25) is 10.1 Å². The Bertz CT molecular complexity index is 361. The van der Waals surface area contributed by atoms with E-state index in [4.69, 9.17) is 4.42 Å². The topological polar surface area (TPSA) is 67.2 Å². The number of piperazine rings is 1. The van der Waals surface area contributed by atoms with Crippen LogP contribution in [0.5, 0.6) is 0 Å². The van der Waals surface area contributed by atoms with Gasteiger partial charge in [0.2, 0.25) is 5.91 Å². The van der Waals surface area contributed by atoms with Crippen LogP contribution in [-0.4, -0.2) is 23.5 Å². The molecule has 0 bridgehead atoms. The van der Waals surface area contributed by atoms with Crippen molar-refractivity contribution in [3.63, 3.8) is 0 Å². The van der Waals surface area contributed by atoms with Crippen molar-refractivity contribution in [2.24, 2.45) is 0 Å². The van der Waals surface area contributed by atoms with Crippen molar-refractivity contribution in [3.8, 4) is 0 Å². The largest absolute Gasteiger partial charge is 0.449 e. The Hall–Kier alpha value is -1.36. The molecule has 5 heteroatoms. The van der Waals surface area contributed by atoms with Gasteiger partial charge in [-0.1, -0.05) is 6.92 Å². The predicted octanol–water partition coefficient (Wildman–Crippen LogP) is 0.522. The summed E-state index contributed by atoms with van der Waals surface area (Å²) in [6, 6.07) is -0.0640. The highest BCUT2D eigenvalue weighted by Crippen LogP contribution is 2.15. The maximum atomic E-state index is 11.4. The number of aromatic nitrogens is 1. The van der Waals surface area contributed by atoms with Gasteiger partial charge in [0.1, 0.15) is 6.26 Å². The summed E-state index contributed by atoms with van der Waals surface area (Å²) < 4.78 is 5.15. The third kappa shape index (κ3) is 2.02. The monoisotopic (exact) mass is 209 g/mol. The van der Waals surface area contributed by atoms with E-state index < -0.39 is 0 Å². The minimum atomic E-state index is -0.124. The molecular weight excluding hydrogens is 194 g/mol. The van der Waals surface area contributed by atoms with Crippen LogP contribution in [0.3, 0.4) is 0 Å². The van der Waals surface area contributed by atoms with Gasteiger partial charge in [-0.2, -0.15) is 0 Å². The van der Waals surface area contributed by atoms with E-state index in [1.54, 1.807) is 6.26 Å². The first-order valence-electron chi connectivity index (χ1n) is 5.16. The Morgan fingerprint density at radius 3 is 3.07 bits per heavy atom. The van der Waals surface area contributed by atoms with Crippen LogP contribution in [0.25, 0.3) is 0 Å². The standard InChI is InChI=1S/C10H15N3O2/c1-3-7-10(14)11-4-8(13-7)9-5-15-6(2)12-9/h5,7-8,13H,3-4H2,1-2H3,(H,11,14). The summed E-state index contributed by atoms with van der Waals surface area (Å²) in [5.41, 5.74) is 0.853. The van der Waals surface area contributed by atoms with Crippen LogP contribution in [0.15, 0.2) is 10.7 Å². The van der Waals surface area contributed by atoms with Crippen molar-refractivity contribution in [3.05, 3.63) is 17.8 Å². The third-order valence-corrected chi connectivity index (χ3v) is 2.60. The molecule has 0 aliphatic carbocycles. The fourth-order valence-electron chi connectivity index (χ4n) is 1.74. The van der Waals surface area contributed by atoms with E-state index in [0.29, 0.717) is 12.4 Å². The zero-order valence-electron chi connectivity index (χ0n) is 8.91. The lowest BCUT2D eigenvalue weighted by atomic mass is 10.1. The number of amides is 1. The molecule has 1 saturated heterocycles. The van der Waals surface area contributed by atoms with Crippen molar-refractivity contribution in [1.29, 1.82) is 0 Å². The first-order valence-corrected chi connectivity index (χ1v) is 5.16. The number of carbonyl (C=O) groups excluding carboxylic acids is 1. The van der Waals surface area contributed by atoms with Gasteiger partial charge in [0.15, 0.2) is 5.89 Å². The summed E-state index contributed by atoms with van der Waals surface area (Å²) in [6.07, 6.45) is 2.41. The summed E-state index contributed by atoms with van der Waals surface area (Å²) in [6.45, 7) is 4.36. The van der Waals surface area contributed by atoms with Crippen molar-refractivity contribution in [2.75, 3.05) is 6.54 Å². The van der Waals surface area contributed by atoms with Gasteiger partial charge in [-0.05, 0) is 6.42 Å². The fraction of sp³-hybridized carbons (Fsp3) is 0.600. The molecule has 1 fully saturated rings. The van der Waals surface area contributed by atoms with Crippen LogP contribution in [-0.2, 0) is 4.79 Å². The van der Waals surface area contributed by atoms with Crippen molar-refractivity contribution in [2.45, 2.75) is 32.4 Å². The van der Waals surface area contributed by atoms with Gasteiger partial charge in [0, 0.05) is 13.5 Å². The molecule has 2 heterocycles. The lowest BCUT2D eigenvalue weighted by Crippen LogP contribution is -2.54. The Morgan fingerprint density at radius 2 is 2.47 bits per heavy atom. The number of rotatable bonds is 2. The molecule has 2 rings (SSSR count). The Labute approximate surface area is 88.3 Å². The van der Waals surface area contributed by atoms with Crippen LogP contribution >= 0.6 is 0 Å². The van der Waals surface area contributed by atoms with Gasteiger partial charge in [0.05, 0.1) is 17.8 Å². The summed E-state index contributed by atoms with van der Waals surface area (Å²) in [5, 5.41) is 6.11. The molecule has 1 aliphatic heterocycles. The second kappa shape index (κ2) is 4.02. The van der Waals surface area contributed by atoms with E-state index in [1.807, 2.05) is 13.8 Å². The van der Waals surface area contributed by atoms with E-state index in [0.717, 1.165) is 12.1 Å². The zero-order valence-corrected chi connectivity index (χ0v) is 8.91. The molecule has 0 radical (unpaired) electrons. The molecule has 5 nitrogen and oxygen atoms in total. The van der Waals surface area contributed by atoms with Crippen LogP contribution in [0.4, 0.5) is 0 Å². The van der Waals surface area contributed by atoms with Gasteiger partial charge in [-0.25, -0.2) is 4.98 Å². The number of hydrogen-bond acceptors (Lipinski definition) is 4. The van der Waals surface area contributed by atoms with Crippen molar-refractivity contribution < 1.29 is 9.21 Å². The molecule has 2 atom stereocenters. The second-order valence-corrected chi connectivity index (χ2v) is 3.72. The molecule has 1 aliphatic rings. The lowest BCUT2D eigenvalue weighted by Gasteiger charge is -2.28. The molecule has 2 unspecified atom stereocenters. The minimum Gasteiger partial charge on any atom is -0.449 e. The highest BCUT2D eigenvalue weighted by atomic mass is 16.3. The quantitative estimate of drug-likeness (QED) is 0.745. The van der Waals surface area contributed by atoms with E-state index in [9.17, 15) is 4.79 Å². The lowest BCUT2D eigenvalue weighted by molar-refractivity contribution is -0.125. The Morgan fingerprint density at radius 1 is 1.67 bits per heavy atom. The first kappa shape index (κ1) is 10.2. The molecular formula is C10H15N3O2. The molecule has 0 aromatic carbocycles. The van der Waals surface area contributed by atoms with E-state index in [1.165, 1.54) is 0 Å². The van der Waals surface area contributed by atoms with E-state index >= 15 is 0 Å². The third-order valence-electron chi connectivity index (χ3n) is 2.60. The molecule has 82 valence electrons. The number of nitrogens with one attached hydrogen (secondary N) is 2. The second-order valence-electron chi connectivity index (χ2n) is 3.72. The highest BCUT2D eigenvalue weighted by Gasteiger charge is 2.28. The SMILES string of the molecule is CCC1NC(c2coc(C)n2)CNC1=O. The smallest absolute Gasteiger partial charge is 0.237 e. The summed E-state index contributed by atoms with van der Waals surface area (Å²) >= 11 is 0. The molecule has 2 N–H and O–H groups in total. The van der Waals surface area contributed by atoms with Crippen LogP contribution < -0.4 is 10.6 Å². The maximum absolute atomic E-state index is 11.4. The Kier molecular flexibility index (Phi) is 2.73. The molecule has 1 amide bonds. The predicted molar refractivity (Wildman–Crippen MR) is 54.2 cm³/mol. The Balaban J connectivity index is 2.09. The number of carbonyl (C=O) groups is 1. The maximum Gasteiger partial charge on any atom is 0.237 e. The fourth-order valence-corrected chi connectivity index (χ4v) is 1.74. The number of oxazole rings is 1. The number of aryl methyl sites for hydroxylation is 1. The van der Waals surface area contributed by atoms with Crippen molar-refractivity contribution >= 4 is 5.91 Å². The summed E-state index contributed by atoms with van der Waals surface area (Å²) in [4.78, 5) is 15.6. The van der Waals surface area contributed by atoms with Crippen LogP contribution in [0.2, 0.25) is 0 Å². The van der Waals surface area contributed by atoms with Gasteiger partial charge in [-0.15, -0.1) is 0 Å². The van der Waals surface area contributed by atoms with Gasteiger partial charge >= 0.3 is 0 Å². The first-order chi connectivity index (χ1) is 7.20. The normalized spacial score (nSPS) is 26.4. The van der Waals surface area contributed by atoms with E-state index in [-0.39, 0.29) is 18.0 Å². The minimum absolute atomic E-state index is 0.0603. The van der Waals surface area contributed by atoms with Crippen LogP contribution in [0.1, 0.15) is 31.0 Å². The average Bonchev–Trinajstić information content (AvgIpc) is 2.66. The molecule has 1 aromatic heterocycles. The van der Waals surface area contributed by atoms with E-state index in [2.05, 4.69) is 15.6 Å². The highest BCUT2D eigenvalue weighted by molar-refractivity contribution is 5.82. The molecule has 0 spiro atoms. The zero-order chi connectivity index (χ0) is 10.8. The number of hydrogen-bond donors (Lipinski definition) is 2. The van der Waals surface area contributed by atoms with Gasteiger partial charge < -0.3 is 9.73 Å². The average molecular weight is 209 g/mol.